The average Bonchev–Trinajstić information content (AvgIpc) is 2.71. The van der Waals surface area contributed by atoms with E-state index in [-0.39, 0.29) is 5.75 Å². The highest BCUT2D eigenvalue weighted by atomic mass is 32.2. The molecule has 5 heteroatoms. The van der Waals surface area contributed by atoms with E-state index < -0.39 is 9.84 Å². The van der Waals surface area contributed by atoms with Gasteiger partial charge >= 0.3 is 0 Å². The number of nitriles is 1. The van der Waals surface area contributed by atoms with Crippen molar-refractivity contribution in [2.24, 2.45) is 0 Å². The van der Waals surface area contributed by atoms with Crippen molar-refractivity contribution in [2.75, 3.05) is 12.0 Å². The number of hydrogen-bond acceptors (Lipinski definition) is 3. The van der Waals surface area contributed by atoms with E-state index in [4.69, 9.17) is 5.26 Å². The molecule has 2 aromatic rings. The number of nitrogens with zero attached hydrogens (tertiary/aromatic N) is 2. The normalized spacial score (nSPS) is 11.6. The highest BCUT2D eigenvalue weighted by Gasteiger charge is 2.06. The molecule has 0 atom stereocenters. The maximum Gasteiger partial charge on any atom is 0.147 e. The van der Waals surface area contributed by atoms with Gasteiger partial charge in [-0.25, -0.2) is 8.42 Å². The molecule has 0 aliphatic heterocycles. The monoisotopic (exact) mass is 262 g/mol. The molecule has 94 valence electrons. The maximum atomic E-state index is 11.1. The van der Waals surface area contributed by atoms with Crippen LogP contribution in [0, 0.1) is 11.3 Å². The van der Waals surface area contributed by atoms with Crippen LogP contribution in [-0.2, 0) is 16.4 Å². The van der Waals surface area contributed by atoms with Crippen molar-refractivity contribution in [3.05, 3.63) is 36.0 Å². The summed E-state index contributed by atoms with van der Waals surface area (Å²) in [6.45, 7) is 0.644. The van der Waals surface area contributed by atoms with Crippen molar-refractivity contribution in [1.29, 1.82) is 5.26 Å². The first-order chi connectivity index (χ1) is 8.51. The summed E-state index contributed by atoms with van der Waals surface area (Å²) >= 11 is 0. The molecule has 0 amide bonds. The van der Waals surface area contributed by atoms with Crippen molar-refractivity contribution < 1.29 is 8.42 Å². The van der Waals surface area contributed by atoms with Crippen LogP contribution in [0.2, 0.25) is 0 Å². The minimum absolute atomic E-state index is 0.185. The number of benzene rings is 1. The Morgan fingerprint density at radius 2 is 2.11 bits per heavy atom. The Morgan fingerprint density at radius 3 is 2.78 bits per heavy atom. The summed E-state index contributed by atoms with van der Waals surface area (Å²) < 4.78 is 24.1. The van der Waals surface area contributed by atoms with Crippen LogP contribution in [0.4, 0.5) is 0 Å². The molecule has 0 N–H and O–H groups in total. The van der Waals surface area contributed by atoms with Crippen LogP contribution in [0.5, 0.6) is 0 Å². The zero-order valence-corrected chi connectivity index (χ0v) is 10.9. The van der Waals surface area contributed by atoms with Gasteiger partial charge in [0, 0.05) is 29.9 Å². The third-order valence-corrected chi connectivity index (χ3v) is 3.88. The lowest BCUT2D eigenvalue weighted by atomic mass is 10.1. The summed E-state index contributed by atoms with van der Waals surface area (Å²) in [6, 6.07) is 9.61. The maximum absolute atomic E-state index is 11.1. The zero-order chi connectivity index (χ0) is 13.2. The highest BCUT2D eigenvalue weighted by Crippen LogP contribution is 2.19. The second-order valence-electron chi connectivity index (χ2n) is 4.34. The number of fused-ring (bicyclic) bond motifs is 1. The Kier molecular flexibility index (Phi) is 3.39. The van der Waals surface area contributed by atoms with E-state index in [2.05, 4.69) is 6.07 Å². The summed E-state index contributed by atoms with van der Waals surface area (Å²) in [4.78, 5) is 0. The van der Waals surface area contributed by atoms with E-state index in [1.807, 2.05) is 29.0 Å². The predicted molar refractivity (Wildman–Crippen MR) is 71.0 cm³/mol. The Labute approximate surface area is 106 Å². The molecule has 0 saturated heterocycles. The van der Waals surface area contributed by atoms with Crippen molar-refractivity contribution in [2.45, 2.75) is 13.0 Å². The number of rotatable bonds is 4. The van der Waals surface area contributed by atoms with Crippen LogP contribution in [0.3, 0.4) is 0 Å². The SMILES string of the molecule is CS(=O)(=O)CCCn1ccc2c(C#N)cccc21. The lowest BCUT2D eigenvalue weighted by Crippen LogP contribution is -2.06. The molecule has 0 unspecified atom stereocenters. The van der Waals surface area contributed by atoms with Gasteiger partial charge in [0.15, 0.2) is 0 Å². The lowest BCUT2D eigenvalue weighted by molar-refractivity contribution is 0.593. The average molecular weight is 262 g/mol. The van der Waals surface area contributed by atoms with Gasteiger partial charge in [0.1, 0.15) is 9.84 Å². The van der Waals surface area contributed by atoms with Gasteiger partial charge in [0.25, 0.3) is 0 Å². The van der Waals surface area contributed by atoms with Gasteiger partial charge in [0.05, 0.1) is 17.4 Å². The third-order valence-electron chi connectivity index (χ3n) is 2.85. The van der Waals surface area contributed by atoms with Crippen LogP contribution in [0.25, 0.3) is 10.9 Å². The molecule has 1 aromatic carbocycles. The number of aryl methyl sites for hydroxylation is 1. The quantitative estimate of drug-likeness (QED) is 0.846. The van der Waals surface area contributed by atoms with Crippen LogP contribution >= 0.6 is 0 Å². The fourth-order valence-electron chi connectivity index (χ4n) is 2.01. The first-order valence-electron chi connectivity index (χ1n) is 5.67. The summed E-state index contributed by atoms with van der Waals surface area (Å²) in [5.74, 6) is 0.185. The molecule has 0 fully saturated rings. The van der Waals surface area contributed by atoms with Crippen LogP contribution in [0.1, 0.15) is 12.0 Å². The molecule has 0 radical (unpaired) electrons. The molecule has 0 saturated carbocycles. The smallest absolute Gasteiger partial charge is 0.147 e. The molecule has 1 heterocycles. The van der Waals surface area contributed by atoms with Crippen molar-refractivity contribution >= 4 is 20.7 Å². The Hall–Kier alpha value is -1.80. The topological polar surface area (TPSA) is 62.9 Å². The van der Waals surface area contributed by atoms with E-state index in [0.717, 1.165) is 10.9 Å². The predicted octanol–water partition coefficient (Wildman–Crippen LogP) is 1.95. The molecule has 18 heavy (non-hydrogen) atoms. The van der Waals surface area contributed by atoms with Crippen molar-refractivity contribution in [1.82, 2.24) is 4.57 Å². The van der Waals surface area contributed by atoms with E-state index in [9.17, 15) is 8.42 Å². The molecule has 0 aliphatic carbocycles. The van der Waals surface area contributed by atoms with Crippen LogP contribution in [-0.4, -0.2) is 25.0 Å². The van der Waals surface area contributed by atoms with Crippen LogP contribution < -0.4 is 0 Å². The minimum Gasteiger partial charge on any atom is -0.347 e. The Morgan fingerprint density at radius 1 is 1.33 bits per heavy atom. The molecule has 4 nitrogen and oxygen atoms in total. The van der Waals surface area contributed by atoms with Gasteiger partial charge in [-0.05, 0) is 24.6 Å². The molecule has 0 bridgehead atoms. The number of hydrogen-bond donors (Lipinski definition) is 0. The molecule has 0 aliphatic rings. The largest absolute Gasteiger partial charge is 0.347 e. The van der Waals surface area contributed by atoms with E-state index >= 15 is 0 Å². The minimum atomic E-state index is -2.91. The molecular weight excluding hydrogens is 248 g/mol. The van der Waals surface area contributed by atoms with Crippen molar-refractivity contribution in [3.63, 3.8) is 0 Å². The molecule has 0 spiro atoms. The van der Waals surface area contributed by atoms with Gasteiger partial charge in [-0.3, -0.25) is 0 Å². The standard InChI is InChI=1S/C13H14N2O2S/c1-18(16,17)9-3-7-15-8-6-12-11(10-14)4-2-5-13(12)15/h2,4-6,8H,3,7,9H2,1H3. The Bertz CT molecular complexity index is 708. The second-order valence-corrected chi connectivity index (χ2v) is 6.60. The van der Waals surface area contributed by atoms with Gasteiger partial charge in [-0.1, -0.05) is 6.07 Å². The summed E-state index contributed by atoms with van der Waals surface area (Å²) in [5, 5.41) is 9.91. The van der Waals surface area contributed by atoms with Gasteiger partial charge in [-0.2, -0.15) is 5.26 Å². The number of aromatic nitrogens is 1. The Balaban J connectivity index is 2.23. The molecule has 2 rings (SSSR count). The second kappa shape index (κ2) is 4.83. The third kappa shape index (κ3) is 2.71. The molecular formula is C13H14N2O2S. The summed E-state index contributed by atoms with van der Waals surface area (Å²) in [7, 11) is -2.91. The van der Waals surface area contributed by atoms with Gasteiger partial charge in [0.2, 0.25) is 0 Å². The first-order valence-corrected chi connectivity index (χ1v) is 7.73. The van der Waals surface area contributed by atoms with Crippen LogP contribution in [0.15, 0.2) is 30.5 Å². The first kappa shape index (κ1) is 12.7. The fourth-order valence-corrected chi connectivity index (χ4v) is 2.67. The highest BCUT2D eigenvalue weighted by molar-refractivity contribution is 7.90. The summed E-state index contributed by atoms with van der Waals surface area (Å²) in [5.41, 5.74) is 1.62. The zero-order valence-electron chi connectivity index (χ0n) is 10.1. The number of sulfone groups is 1. The van der Waals surface area contributed by atoms with Crippen molar-refractivity contribution in [3.8, 4) is 6.07 Å². The summed E-state index contributed by atoms with van der Waals surface area (Å²) in [6.07, 6.45) is 3.72. The van der Waals surface area contributed by atoms with E-state index in [0.29, 0.717) is 18.5 Å². The lowest BCUT2D eigenvalue weighted by Gasteiger charge is -2.04. The van der Waals surface area contributed by atoms with Gasteiger partial charge < -0.3 is 4.57 Å². The van der Waals surface area contributed by atoms with E-state index in [1.54, 1.807) is 6.07 Å². The van der Waals surface area contributed by atoms with E-state index in [1.165, 1.54) is 6.26 Å². The molecule has 1 aromatic heterocycles. The fraction of sp³-hybridized carbons (Fsp3) is 0.308. The van der Waals surface area contributed by atoms with Gasteiger partial charge in [-0.15, -0.1) is 0 Å².